The number of hydrogen-bond acceptors (Lipinski definition) is 9. The summed E-state index contributed by atoms with van der Waals surface area (Å²) in [6.45, 7) is 6.31. The molecule has 0 bridgehead atoms. The van der Waals surface area contributed by atoms with Crippen LogP contribution in [0.1, 0.15) is 50.6 Å². The van der Waals surface area contributed by atoms with Crippen molar-refractivity contribution in [3.8, 4) is 17.1 Å². The molecule has 196 valence electrons. The fraction of sp³-hybridized carbons (Fsp3) is 0.556. The number of rotatable bonds is 8. The van der Waals surface area contributed by atoms with Crippen LogP contribution in [0.4, 0.5) is 17.3 Å². The third kappa shape index (κ3) is 5.40. The summed E-state index contributed by atoms with van der Waals surface area (Å²) < 4.78 is 5.25. The van der Waals surface area contributed by atoms with E-state index in [1.807, 2.05) is 23.9 Å². The molecule has 6 rings (SSSR count). The molecule has 4 heterocycles. The van der Waals surface area contributed by atoms with Crippen LogP contribution in [0.15, 0.2) is 30.5 Å². The first-order chi connectivity index (χ1) is 18.1. The van der Waals surface area contributed by atoms with Gasteiger partial charge in [0.05, 0.1) is 29.9 Å². The number of piperidine rings is 2. The van der Waals surface area contributed by atoms with E-state index in [1.54, 1.807) is 0 Å². The van der Waals surface area contributed by atoms with Gasteiger partial charge in [0.25, 0.3) is 0 Å². The second-order valence-electron chi connectivity index (χ2n) is 10.7. The van der Waals surface area contributed by atoms with Gasteiger partial charge in [0.1, 0.15) is 5.69 Å². The first-order valence-electron chi connectivity index (χ1n) is 13.5. The third-order valence-electron chi connectivity index (χ3n) is 7.96. The van der Waals surface area contributed by atoms with Crippen molar-refractivity contribution in [2.45, 2.75) is 51.9 Å². The van der Waals surface area contributed by atoms with E-state index in [9.17, 15) is 0 Å². The molecule has 2 N–H and O–H groups in total. The predicted molar refractivity (Wildman–Crippen MR) is 149 cm³/mol. The minimum Gasteiger partial charge on any atom is -0.395 e. The molecule has 1 aliphatic carbocycles. The van der Waals surface area contributed by atoms with Gasteiger partial charge in [-0.25, -0.2) is 14.6 Å². The van der Waals surface area contributed by atoms with Crippen LogP contribution in [0, 0.1) is 12.3 Å². The Morgan fingerprint density at radius 1 is 0.919 bits per heavy atom. The number of hydrogen-bond donors (Lipinski definition) is 2. The van der Waals surface area contributed by atoms with Crippen LogP contribution in [0.2, 0.25) is 0 Å². The van der Waals surface area contributed by atoms with E-state index in [-0.39, 0.29) is 6.61 Å². The van der Waals surface area contributed by atoms with Crippen LogP contribution in [-0.2, 0) is 0 Å². The van der Waals surface area contributed by atoms with Gasteiger partial charge in [-0.15, -0.1) is 5.10 Å². The molecular formula is C27H36N8OS. The monoisotopic (exact) mass is 520 g/mol. The number of anilines is 3. The highest BCUT2D eigenvalue weighted by molar-refractivity contribution is 8.00. The highest BCUT2D eigenvalue weighted by atomic mass is 32.2. The molecule has 3 aliphatic rings. The molecule has 2 aliphatic heterocycles. The summed E-state index contributed by atoms with van der Waals surface area (Å²) in [5.74, 6) is 1.44. The summed E-state index contributed by atoms with van der Waals surface area (Å²) in [5.41, 5.74) is 6.33. The minimum atomic E-state index is 0.153. The van der Waals surface area contributed by atoms with Crippen LogP contribution < -0.4 is 14.5 Å². The third-order valence-corrected chi connectivity index (χ3v) is 8.73. The minimum absolute atomic E-state index is 0.153. The maximum Gasteiger partial charge on any atom is 0.226 e. The van der Waals surface area contributed by atoms with Gasteiger partial charge >= 0.3 is 0 Å². The number of aryl methyl sites for hydroxylation is 1. The second-order valence-corrected chi connectivity index (χ2v) is 11.6. The smallest absolute Gasteiger partial charge is 0.226 e. The van der Waals surface area contributed by atoms with Crippen molar-refractivity contribution in [1.29, 1.82) is 0 Å². The van der Waals surface area contributed by atoms with Gasteiger partial charge < -0.3 is 19.6 Å². The molecule has 37 heavy (non-hydrogen) atoms. The Bertz CT molecular complexity index is 1230. The molecule has 0 atom stereocenters. The van der Waals surface area contributed by atoms with E-state index in [4.69, 9.17) is 15.1 Å². The summed E-state index contributed by atoms with van der Waals surface area (Å²) in [4.78, 5) is 14.4. The van der Waals surface area contributed by atoms with Crippen molar-refractivity contribution in [2.24, 2.45) is 5.41 Å². The Morgan fingerprint density at radius 3 is 2.49 bits per heavy atom. The quantitative estimate of drug-likeness (QED) is 0.330. The lowest BCUT2D eigenvalue weighted by atomic mass is 9.93. The number of nitrogens with zero attached hydrogens (tertiary/aromatic N) is 7. The average Bonchev–Trinajstić information content (AvgIpc) is 3.49. The molecular weight excluding hydrogens is 484 g/mol. The normalized spacial score (nSPS) is 18.9. The zero-order chi connectivity index (χ0) is 25.2. The van der Waals surface area contributed by atoms with Crippen LogP contribution >= 0.6 is 11.9 Å². The van der Waals surface area contributed by atoms with Crippen molar-refractivity contribution < 1.29 is 5.11 Å². The summed E-state index contributed by atoms with van der Waals surface area (Å²) in [6, 6.07) is 8.38. The van der Waals surface area contributed by atoms with Crippen molar-refractivity contribution in [1.82, 2.24) is 25.0 Å². The van der Waals surface area contributed by atoms with Crippen molar-refractivity contribution in [3.63, 3.8) is 0 Å². The van der Waals surface area contributed by atoms with Crippen LogP contribution in [0.3, 0.4) is 0 Å². The van der Waals surface area contributed by atoms with E-state index < -0.39 is 0 Å². The standard InChI is InChI=1S/C27H36N8OS/c1-20-17-22(29-26(28-20)34-11-3-2-4-12-34)23-19-35(32-30-23)24-6-5-21(31-37-16-15-36)18-25(24)33-13-9-27(7-8-27)10-14-33/h5-6,17-19,31,36H,2-4,7-16H2,1H3. The molecule has 2 saturated heterocycles. The maximum absolute atomic E-state index is 9.16. The molecule has 2 aromatic heterocycles. The first-order valence-corrected chi connectivity index (χ1v) is 14.5. The zero-order valence-corrected chi connectivity index (χ0v) is 22.4. The van der Waals surface area contributed by atoms with E-state index in [1.165, 1.54) is 56.9 Å². The zero-order valence-electron chi connectivity index (χ0n) is 21.6. The number of aromatic nitrogens is 5. The number of nitrogens with one attached hydrogen (secondary N) is 1. The van der Waals surface area contributed by atoms with E-state index in [0.717, 1.165) is 66.3 Å². The Balaban J connectivity index is 1.29. The lowest BCUT2D eigenvalue weighted by molar-refractivity contribution is 0.322. The topological polar surface area (TPSA) is 95.2 Å². The average molecular weight is 521 g/mol. The number of benzene rings is 1. The number of aliphatic hydroxyl groups is 1. The van der Waals surface area contributed by atoms with Gasteiger partial charge in [-0.2, -0.15) is 0 Å². The molecule has 1 spiro atoms. The van der Waals surface area contributed by atoms with E-state index in [2.05, 4.69) is 43.0 Å². The highest BCUT2D eigenvalue weighted by Crippen LogP contribution is 2.54. The van der Waals surface area contributed by atoms with Crippen LogP contribution in [0.5, 0.6) is 0 Å². The van der Waals surface area contributed by atoms with Gasteiger partial charge in [0.2, 0.25) is 5.95 Å². The highest BCUT2D eigenvalue weighted by Gasteiger charge is 2.44. The molecule has 1 aromatic carbocycles. The van der Waals surface area contributed by atoms with E-state index >= 15 is 0 Å². The predicted octanol–water partition coefficient (Wildman–Crippen LogP) is 4.46. The van der Waals surface area contributed by atoms with Gasteiger partial charge in [-0.3, -0.25) is 0 Å². The molecule has 10 heteroatoms. The van der Waals surface area contributed by atoms with Crippen molar-refractivity contribution >= 4 is 29.3 Å². The Morgan fingerprint density at radius 2 is 1.73 bits per heavy atom. The van der Waals surface area contributed by atoms with Gasteiger partial charge in [0, 0.05) is 43.3 Å². The molecule has 1 saturated carbocycles. The van der Waals surface area contributed by atoms with Crippen LogP contribution in [-0.4, -0.2) is 68.6 Å². The fourth-order valence-electron chi connectivity index (χ4n) is 5.53. The maximum atomic E-state index is 9.16. The molecule has 3 aromatic rings. The fourth-order valence-corrected chi connectivity index (χ4v) is 6.02. The summed E-state index contributed by atoms with van der Waals surface area (Å²) >= 11 is 1.52. The lowest BCUT2D eigenvalue weighted by Gasteiger charge is -2.35. The molecule has 3 fully saturated rings. The Kier molecular flexibility index (Phi) is 6.94. The van der Waals surface area contributed by atoms with E-state index in [0.29, 0.717) is 11.2 Å². The Labute approximate surface area is 222 Å². The number of aliphatic hydroxyl groups excluding tert-OH is 1. The van der Waals surface area contributed by atoms with Gasteiger partial charge in [-0.05, 0) is 81.5 Å². The van der Waals surface area contributed by atoms with Crippen LogP contribution in [0.25, 0.3) is 17.1 Å². The SMILES string of the molecule is Cc1cc(-c2cn(-c3ccc(NSCCO)cc3N3CCC4(CC3)CC4)nn2)nc(N2CCCCC2)n1. The van der Waals surface area contributed by atoms with Crippen molar-refractivity contribution in [2.75, 3.05) is 53.1 Å². The molecule has 9 nitrogen and oxygen atoms in total. The van der Waals surface area contributed by atoms with Crippen molar-refractivity contribution in [3.05, 3.63) is 36.2 Å². The summed E-state index contributed by atoms with van der Waals surface area (Å²) in [6.07, 6.45) is 10.9. The lowest BCUT2D eigenvalue weighted by Crippen LogP contribution is -2.35. The van der Waals surface area contributed by atoms with Gasteiger partial charge in [-0.1, -0.05) is 17.2 Å². The molecule has 0 radical (unpaired) electrons. The molecule has 0 unspecified atom stereocenters. The summed E-state index contributed by atoms with van der Waals surface area (Å²) in [5, 5.41) is 18.2. The molecule has 0 amide bonds. The first kappa shape index (κ1) is 24.5. The second kappa shape index (κ2) is 10.5. The van der Waals surface area contributed by atoms with Gasteiger partial charge in [0.15, 0.2) is 0 Å². The Hall–Kier alpha value is -2.85. The summed E-state index contributed by atoms with van der Waals surface area (Å²) in [7, 11) is 0. The largest absolute Gasteiger partial charge is 0.395 e.